The molecule has 20 heavy (non-hydrogen) atoms. The molecule has 5 heteroatoms. The van der Waals surface area contributed by atoms with E-state index in [1.807, 2.05) is 0 Å². The summed E-state index contributed by atoms with van der Waals surface area (Å²) in [4.78, 5) is 12.2. The van der Waals surface area contributed by atoms with E-state index in [9.17, 15) is 14.3 Å². The Morgan fingerprint density at radius 3 is 2.95 bits per heavy atom. The molecular weight excluding hydrogens is 325 g/mol. The van der Waals surface area contributed by atoms with E-state index in [0.717, 1.165) is 25.7 Å². The molecule has 1 aromatic rings. The number of hydrogen-bond acceptors (Lipinski definition) is 2. The Kier molecular flexibility index (Phi) is 4.81. The summed E-state index contributed by atoms with van der Waals surface area (Å²) < 4.78 is 14.4. The van der Waals surface area contributed by atoms with Crippen molar-refractivity contribution >= 4 is 21.8 Å². The summed E-state index contributed by atoms with van der Waals surface area (Å²) >= 11 is 3.16. The summed E-state index contributed by atoms with van der Waals surface area (Å²) in [6, 6.07) is 4.35. The molecule has 3 nitrogen and oxygen atoms in total. The predicted molar refractivity (Wildman–Crippen MR) is 79.0 cm³/mol. The second kappa shape index (κ2) is 6.22. The highest BCUT2D eigenvalue weighted by Gasteiger charge is 2.36. The SMILES string of the molecule is CC1CCCC(CO)(NC(=O)c2ccc(Br)cc2F)C1. The molecule has 110 valence electrons. The average Bonchev–Trinajstić information content (AvgIpc) is 2.38. The lowest BCUT2D eigenvalue weighted by atomic mass is 9.76. The highest BCUT2D eigenvalue weighted by Crippen LogP contribution is 2.32. The third kappa shape index (κ3) is 3.38. The molecule has 1 fully saturated rings. The van der Waals surface area contributed by atoms with E-state index < -0.39 is 17.3 Å². The molecular formula is C15H19BrFNO2. The second-order valence-corrected chi connectivity index (χ2v) is 6.63. The molecule has 1 aliphatic carbocycles. The number of halogens is 2. The minimum absolute atomic E-state index is 0.0132. The van der Waals surface area contributed by atoms with E-state index >= 15 is 0 Å². The van der Waals surface area contributed by atoms with Crippen molar-refractivity contribution in [2.45, 2.75) is 38.1 Å². The lowest BCUT2D eigenvalue weighted by Crippen LogP contribution is -2.54. The number of rotatable bonds is 3. The van der Waals surface area contributed by atoms with Gasteiger partial charge in [0.2, 0.25) is 0 Å². The van der Waals surface area contributed by atoms with Gasteiger partial charge in [-0.05, 0) is 37.0 Å². The summed E-state index contributed by atoms with van der Waals surface area (Å²) in [5.41, 5.74) is -0.604. The van der Waals surface area contributed by atoms with E-state index in [1.165, 1.54) is 12.1 Å². The quantitative estimate of drug-likeness (QED) is 0.884. The van der Waals surface area contributed by atoms with Crippen molar-refractivity contribution < 1.29 is 14.3 Å². The van der Waals surface area contributed by atoms with Gasteiger partial charge < -0.3 is 10.4 Å². The number of nitrogens with one attached hydrogen (secondary N) is 1. The van der Waals surface area contributed by atoms with Crippen LogP contribution in [-0.2, 0) is 0 Å². The fraction of sp³-hybridized carbons (Fsp3) is 0.533. The highest BCUT2D eigenvalue weighted by atomic mass is 79.9. The lowest BCUT2D eigenvalue weighted by Gasteiger charge is -2.39. The first-order valence-corrected chi connectivity index (χ1v) is 7.63. The number of carbonyl (C=O) groups is 1. The number of carbonyl (C=O) groups excluding carboxylic acids is 1. The number of aliphatic hydroxyl groups excluding tert-OH is 1. The Morgan fingerprint density at radius 1 is 1.60 bits per heavy atom. The summed E-state index contributed by atoms with van der Waals surface area (Å²) in [5.74, 6) is -0.571. The van der Waals surface area contributed by atoms with Crippen LogP contribution in [-0.4, -0.2) is 23.2 Å². The summed E-state index contributed by atoms with van der Waals surface area (Å²) in [6.45, 7) is 2.00. The average molecular weight is 344 g/mol. The van der Waals surface area contributed by atoms with Gasteiger partial charge in [0.25, 0.3) is 5.91 Å². The van der Waals surface area contributed by atoms with Crippen LogP contribution in [0.1, 0.15) is 43.0 Å². The van der Waals surface area contributed by atoms with Crippen molar-refractivity contribution in [3.8, 4) is 0 Å². The van der Waals surface area contributed by atoms with Gasteiger partial charge in [0.1, 0.15) is 5.82 Å². The molecule has 0 saturated heterocycles. The zero-order valence-corrected chi connectivity index (χ0v) is 13.0. The minimum Gasteiger partial charge on any atom is -0.394 e. The molecule has 0 spiro atoms. The normalized spacial score (nSPS) is 26.3. The first-order valence-electron chi connectivity index (χ1n) is 6.84. The van der Waals surface area contributed by atoms with Crippen LogP contribution in [0.15, 0.2) is 22.7 Å². The maximum Gasteiger partial charge on any atom is 0.254 e. The molecule has 1 saturated carbocycles. The molecule has 0 aromatic heterocycles. The first kappa shape index (κ1) is 15.4. The fourth-order valence-corrected chi connectivity index (χ4v) is 3.27. The Balaban J connectivity index is 2.16. The molecule has 2 unspecified atom stereocenters. The van der Waals surface area contributed by atoms with Crippen LogP contribution >= 0.6 is 15.9 Å². The van der Waals surface area contributed by atoms with Gasteiger partial charge >= 0.3 is 0 Å². The van der Waals surface area contributed by atoms with Crippen LogP contribution in [0.25, 0.3) is 0 Å². The topological polar surface area (TPSA) is 49.3 Å². The number of aliphatic hydroxyl groups is 1. The van der Waals surface area contributed by atoms with Gasteiger partial charge in [-0.15, -0.1) is 0 Å². The number of hydrogen-bond donors (Lipinski definition) is 2. The summed E-state index contributed by atoms with van der Waals surface area (Å²) in [5, 5.41) is 12.5. The van der Waals surface area contributed by atoms with Crippen LogP contribution in [0.5, 0.6) is 0 Å². The van der Waals surface area contributed by atoms with Gasteiger partial charge in [-0.25, -0.2) is 4.39 Å². The van der Waals surface area contributed by atoms with Crippen LogP contribution in [0.2, 0.25) is 0 Å². The molecule has 0 aliphatic heterocycles. The molecule has 0 bridgehead atoms. The monoisotopic (exact) mass is 343 g/mol. The molecule has 1 aromatic carbocycles. The molecule has 1 amide bonds. The van der Waals surface area contributed by atoms with Gasteiger partial charge in [-0.2, -0.15) is 0 Å². The molecule has 0 heterocycles. The van der Waals surface area contributed by atoms with Gasteiger partial charge in [-0.3, -0.25) is 4.79 Å². The zero-order chi connectivity index (χ0) is 14.8. The minimum atomic E-state index is -0.617. The van der Waals surface area contributed by atoms with Crippen LogP contribution in [0, 0.1) is 11.7 Å². The van der Waals surface area contributed by atoms with E-state index in [1.54, 1.807) is 6.07 Å². The molecule has 2 rings (SSSR count). The van der Waals surface area contributed by atoms with Crippen LogP contribution < -0.4 is 5.32 Å². The smallest absolute Gasteiger partial charge is 0.254 e. The number of benzene rings is 1. The van der Waals surface area contributed by atoms with E-state index in [2.05, 4.69) is 28.2 Å². The Bertz CT molecular complexity index is 509. The van der Waals surface area contributed by atoms with Crippen molar-refractivity contribution in [1.29, 1.82) is 0 Å². The summed E-state index contributed by atoms with van der Waals surface area (Å²) in [7, 11) is 0. The van der Waals surface area contributed by atoms with Gasteiger partial charge in [0.15, 0.2) is 0 Å². The van der Waals surface area contributed by atoms with Crippen LogP contribution in [0.3, 0.4) is 0 Å². The van der Waals surface area contributed by atoms with E-state index in [-0.39, 0.29) is 12.2 Å². The highest BCUT2D eigenvalue weighted by molar-refractivity contribution is 9.10. The Labute approximate surface area is 126 Å². The molecule has 1 aliphatic rings. The first-order chi connectivity index (χ1) is 9.46. The standard InChI is InChI=1S/C15H19BrFNO2/c1-10-3-2-6-15(8-10,9-19)18-14(20)12-5-4-11(16)7-13(12)17/h4-5,7,10,19H,2-3,6,8-9H2,1H3,(H,18,20). The summed E-state index contributed by atoms with van der Waals surface area (Å²) in [6.07, 6.45) is 3.53. The molecule has 2 atom stereocenters. The van der Waals surface area contributed by atoms with Crippen molar-refractivity contribution in [1.82, 2.24) is 5.32 Å². The molecule has 2 N–H and O–H groups in total. The lowest BCUT2D eigenvalue weighted by molar-refractivity contribution is 0.0693. The van der Waals surface area contributed by atoms with Crippen LogP contribution in [0.4, 0.5) is 4.39 Å². The number of amides is 1. The maximum atomic E-state index is 13.8. The Morgan fingerprint density at radius 2 is 2.35 bits per heavy atom. The van der Waals surface area contributed by atoms with Crippen molar-refractivity contribution in [3.05, 3.63) is 34.1 Å². The van der Waals surface area contributed by atoms with Crippen molar-refractivity contribution in [3.63, 3.8) is 0 Å². The largest absolute Gasteiger partial charge is 0.394 e. The van der Waals surface area contributed by atoms with Gasteiger partial charge in [0.05, 0.1) is 17.7 Å². The third-order valence-corrected chi connectivity index (χ3v) is 4.44. The zero-order valence-electron chi connectivity index (χ0n) is 11.5. The van der Waals surface area contributed by atoms with Gasteiger partial charge in [-0.1, -0.05) is 35.7 Å². The van der Waals surface area contributed by atoms with E-state index in [0.29, 0.717) is 10.4 Å². The Hall–Kier alpha value is -0.940. The second-order valence-electron chi connectivity index (χ2n) is 5.72. The van der Waals surface area contributed by atoms with E-state index in [4.69, 9.17) is 0 Å². The van der Waals surface area contributed by atoms with Gasteiger partial charge in [0, 0.05) is 4.47 Å². The predicted octanol–water partition coefficient (Wildman–Crippen LogP) is 3.26. The maximum absolute atomic E-state index is 13.8. The van der Waals surface area contributed by atoms with Crippen molar-refractivity contribution in [2.24, 2.45) is 5.92 Å². The fourth-order valence-electron chi connectivity index (χ4n) is 2.94. The van der Waals surface area contributed by atoms with Crippen molar-refractivity contribution in [2.75, 3.05) is 6.61 Å². The molecule has 0 radical (unpaired) electrons. The third-order valence-electron chi connectivity index (χ3n) is 3.95.